The summed E-state index contributed by atoms with van der Waals surface area (Å²) in [6, 6.07) is 8.27. The minimum Gasteiger partial charge on any atom is -0.294 e. The van der Waals surface area contributed by atoms with Crippen LogP contribution in [0.4, 0.5) is 5.00 Å². The van der Waals surface area contributed by atoms with Gasteiger partial charge in [0.25, 0.3) is 5.91 Å². The Kier molecular flexibility index (Phi) is 1.67. The van der Waals surface area contributed by atoms with Crippen molar-refractivity contribution in [1.29, 1.82) is 0 Å². The molecule has 0 bridgehead atoms. The molecule has 1 amide bonds. The van der Waals surface area contributed by atoms with Crippen molar-refractivity contribution < 1.29 is 4.79 Å². The van der Waals surface area contributed by atoms with E-state index in [2.05, 4.69) is 28.5 Å². The van der Waals surface area contributed by atoms with Gasteiger partial charge in [-0.25, -0.2) is 0 Å². The Hall–Kier alpha value is -1.85. The zero-order chi connectivity index (χ0) is 11.4. The maximum Gasteiger partial charge on any atom is 0.270 e. The van der Waals surface area contributed by atoms with Gasteiger partial charge in [0.05, 0.1) is 5.56 Å². The first-order chi connectivity index (χ1) is 8.34. The average molecular weight is 243 g/mol. The van der Waals surface area contributed by atoms with Crippen LogP contribution in [0.1, 0.15) is 20.8 Å². The molecule has 84 valence electrons. The fourth-order valence-electron chi connectivity index (χ4n) is 2.49. The van der Waals surface area contributed by atoms with E-state index in [1.807, 2.05) is 12.1 Å². The van der Waals surface area contributed by atoms with Crippen LogP contribution in [-0.4, -0.2) is 5.91 Å². The third-order valence-corrected chi connectivity index (χ3v) is 4.30. The van der Waals surface area contributed by atoms with Crippen molar-refractivity contribution in [2.24, 2.45) is 0 Å². The topological polar surface area (TPSA) is 53.2 Å². The number of anilines is 1. The number of rotatable bonds is 0. The van der Waals surface area contributed by atoms with Gasteiger partial charge in [-0.2, -0.15) is 0 Å². The molecule has 0 saturated heterocycles. The van der Waals surface area contributed by atoms with E-state index in [4.69, 9.17) is 0 Å². The third kappa shape index (κ3) is 1.12. The maximum absolute atomic E-state index is 11.9. The molecule has 2 heterocycles. The van der Waals surface area contributed by atoms with E-state index in [-0.39, 0.29) is 5.91 Å². The number of nitrogens with one attached hydrogen (secondary N) is 3. The van der Waals surface area contributed by atoms with Crippen molar-refractivity contribution in [3.63, 3.8) is 0 Å². The highest BCUT2D eigenvalue weighted by molar-refractivity contribution is 7.17. The molecule has 0 spiro atoms. The lowest BCUT2D eigenvalue weighted by molar-refractivity contribution is 0.0933. The molecule has 0 radical (unpaired) electrons. The molecule has 5 heteroatoms. The first-order valence-corrected chi connectivity index (χ1v) is 6.21. The van der Waals surface area contributed by atoms with Crippen molar-refractivity contribution in [2.75, 3.05) is 5.43 Å². The Labute approximate surface area is 102 Å². The molecule has 0 saturated carbocycles. The molecule has 0 unspecified atom stereocenters. The fraction of sp³-hybridized carbons (Fsp3) is 0.0833. The van der Waals surface area contributed by atoms with E-state index in [0.717, 1.165) is 22.5 Å². The largest absolute Gasteiger partial charge is 0.294 e. The molecule has 0 fully saturated rings. The van der Waals surface area contributed by atoms with Crippen molar-refractivity contribution in [2.45, 2.75) is 6.42 Å². The SMILES string of the molecule is O=C1NNNc2sc3c(c21)-c1ccccc1C3. The fourth-order valence-corrected chi connectivity index (χ4v) is 3.68. The van der Waals surface area contributed by atoms with Gasteiger partial charge < -0.3 is 0 Å². The highest BCUT2D eigenvalue weighted by atomic mass is 32.1. The van der Waals surface area contributed by atoms with Gasteiger partial charge in [0.1, 0.15) is 5.00 Å². The number of hydrogen-bond acceptors (Lipinski definition) is 4. The summed E-state index contributed by atoms with van der Waals surface area (Å²) in [7, 11) is 0. The van der Waals surface area contributed by atoms with E-state index in [1.54, 1.807) is 11.3 Å². The standard InChI is InChI=1S/C12H9N3OS/c16-11-10-9-7-4-2-1-3-6(7)5-8(9)17-12(10)14-15-13-11/h1-4,14-15H,5H2,(H,13,16). The van der Waals surface area contributed by atoms with Crippen molar-refractivity contribution in [3.05, 3.63) is 40.3 Å². The normalized spacial score (nSPS) is 15.6. The Bertz CT molecular complexity index is 647. The molecule has 2 aliphatic rings. The quantitative estimate of drug-likeness (QED) is 0.565. The predicted molar refractivity (Wildman–Crippen MR) is 66.8 cm³/mol. The van der Waals surface area contributed by atoms with Gasteiger partial charge in [0, 0.05) is 16.9 Å². The van der Waals surface area contributed by atoms with Gasteiger partial charge in [-0.15, -0.1) is 16.9 Å². The molecule has 4 nitrogen and oxygen atoms in total. The van der Waals surface area contributed by atoms with Crippen LogP contribution < -0.4 is 16.4 Å². The van der Waals surface area contributed by atoms with Gasteiger partial charge >= 0.3 is 0 Å². The molecule has 0 atom stereocenters. The molecule has 1 aromatic carbocycles. The number of fused-ring (bicyclic) bond motifs is 5. The zero-order valence-corrected chi connectivity index (χ0v) is 9.65. The molecular weight excluding hydrogens is 234 g/mol. The number of carbonyl (C=O) groups excluding carboxylic acids is 1. The van der Waals surface area contributed by atoms with Gasteiger partial charge in [-0.3, -0.25) is 15.6 Å². The summed E-state index contributed by atoms with van der Waals surface area (Å²) in [5.41, 5.74) is 12.6. The monoisotopic (exact) mass is 243 g/mol. The summed E-state index contributed by atoms with van der Waals surface area (Å²) in [5, 5.41) is 0.910. The van der Waals surface area contributed by atoms with E-state index in [1.165, 1.54) is 16.0 Å². The van der Waals surface area contributed by atoms with Crippen LogP contribution in [0.5, 0.6) is 0 Å². The van der Waals surface area contributed by atoms with Crippen LogP contribution in [0.3, 0.4) is 0 Å². The van der Waals surface area contributed by atoms with E-state index in [9.17, 15) is 4.79 Å². The second-order valence-electron chi connectivity index (χ2n) is 4.14. The Balaban J connectivity index is 2.03. The van der Waals surface area contributed by atoms with Gasteiger partial charge in [0.15, 0.2) is 0 Å². The molecule has 1 aliphatic heterocycles. The van der Waals surface area contributed by atoms with E-state index in [0.29, 0.717) is 0 Å². The van der Waals surface area contributed by atoms with Crippen LogP contribution in [0, 0.1) is 0 Å². The number of hydrazine groups is 2. The minimum atomic E-state index is -0.0621. The first kappa shape index (κ1) is 9.21. The Morgan fingerprint density at radius 2 is 2.00 bits per heavy atom. The number of benzene rings is 1. The van der Waals surface area contributed by atoms with Crippen molar-refractivity contribution in [1.82, 2.24) is 11.0 Å². The maximum atomic E-state index is 11.9. The van der Waals surface area contributed by atoms with Gasteiger partial charge in [-0.05, 0) is 11.1 Å². The lowest BCUT2D eigenvalue weighted by Crippen LogP contribution is -2.45. The first-order valence-electron chi connectivity index (χ1n) is 5.40. The number of hydrogen-bond donors (Lipinski definition) is 3. The number of thiophene rings is 1. The second-order valence-corrected chi connectivity index (χ2v) is 5.25. The minimum absolute atomic E-state index is 0.0621. The van der Waals surface area contributed by atoms with Crippen molar-refractivity contribution in [3.8, 4) is 11.1 Å². The lowest BCUT2D eigenvalue weighted by Gasteiger charge is -2.16. The number of carbonyl (C=O) groups is 1. The number of amides is 1. The van der Waals surface area contributed by atoms with Gasteiger partial charge in [-0.1, -0.05) is 24.3 Å². The molecule has 1 aliphatic carbocycles. The summed E-state index contributed by atoms with van der Waals surface area (Å²) in [6.45, 7) is 0. The average Bonchev–Trinajstić information content (AvgIpc) is 2.84. The summed E-state index contributed by atoms with van der Waals surface area (Å²) in [5.74, 6) is -0.0621. The van der Waals surface area contributed by atoms with Crippen molar-refractivity contribution >= 4 is 22.2 Å². The Morgan fingerprint density at radius 3 is 2.94 bits per heavy atom. The summed E-state index contributed by atoms with van der Waals surface area (Å²) >= 11 is 1.65. The molecular formula is C12H9N3OS. The predicted octanol–water partition coefficient (Wildman–Crippen LogP) is 1.89. The lowest BCUT2D eigenvalue weighted by atomic mass is 10.0. The molecule has 1 aromatic heterocycles. The van der Waals surface area contributed by atoms with Crippen LogP contribution in [0.2, 0.25) is 0 Å². The highest BCUT2D eigenvalue weighted by Gasteiger charge is 2.31. The van der Waals surface area contributed by atoms with E-state index >= 15 is 0 Å². The smallest absolute Gasteiger partial charge is 0.270 e. The Morgan fingerprint density at radius 1 is 1.12 bits per heavy atom. The van der Waals surface area contributed by atoms with Crippen LogP contribution in [0.15, 0.2) is 24.3 Å². The molecule has 3 N–H and O–H groups in total. The van der Waals surface area contributed by atoms with Gasteiger partial charge in [0.2, 0.25) is 0 Å². The van der Waals surface area contributed by atoms with Crippen LogP contribution >= 0.6 is 11.3 Å². The van der Waals surface area contributed by atoms with E-state index < -0.39 is 0 Å². The summed E-state index contributed by atoms with van der Waals surface area (Å²) in [4.78, 5) is 13.2. The summed E-state index contributed by atoms with van der Waals surface area (Å²) < 4.78 is 0. The summed E-state index contributed by atoms with van der Waals surface area (Å²) in [6.07, 6.45) is 0.929. The second kappa shape index (κ2) is 3.09. The molecule has 17 heavy (non-hydrogen) atoms. The molecule has 4 rings (SSSR count). The zero-order valence-electron chi connectivity index (χ0n) is 8.83. The van der Waals surface area contributed by atoms with Crippen LogP contribution in [-0.2, 0) is 6.42 Å². The van der Waals surface area contributed by atoms with Crippen LogP contribution in [0.25, 0.3) is 11.1 Å². The molecule has 2 aromatic rings. The third-order valence-electron chi connectivity index (χ3n) is 3.20. The highest BCUT2D eigenvalue weighted by Crippen LogP contribution is 2.47.